The highest BCUT2D eigenvalue weighted by Gasteiger charge is 2.48. The molecule has 1 atom stereocenters. The first-order valence-electron chi connectivity index (χ1n) is 10.1. The molecule has 1 aliphatic heterocycles. The number of nitrogens with zero attached hydrogens (tertiary/aromatic N) is 2. The lowest BCUT2D eigenvalue weighted by Gasteiger charge is -2.39. The second-order valence-corrected chi connectivity index (χ2v) is 8.30. The van der Waals surface area contributed by atoms with Crippen molar-refractivity contribution in [1.82, 2.24) is 9.55 Å². The van der Waals surface area contributed by atoms with Crippen LogP contribution in [0.5, 0.6) is 0 Å². The molecule has 1 aliphatic carbocycles. The first-order chi connectivity index (χ1) is 13.6. The summed E-state index contributed by atoms with van der Waals surface area (Å²) in [6, 6.07) is 12.3. The molecule has 1 saturated carbocycles. The van der Waals surface area contributed by atoms with Crippen LogP contribution in [0.1, 0.15) is 44.1 Å². The van der Waals surface area contributed by atoms with Crippen LogP contribution in [0.3, 0.4) is 0 Å². The summed E-state index contributed by atoms with van der Waals surface area (Å²) >= 11 is 0. The standard InChI is InChI=1S/C23H23FN2O2/c24-16-10-11-17-18(12-16)23(22(27)28,13-15-6-2-1-3-7-15)14-26-20-9-5-4-8-19(20)25-21(17)26/h4-5,8-12,15H,1-3,6-7,13-14H2,(H,27,28). The van der Waals surface area contributed by atoms with E-state index in [4.69, 9.17) is 4.98 Å². The van der Waals surface area contributed by atoms with E-state index < -0.39 is 17.2 Å². The molecular formula is C23H23FN2O2. The Bertz CT molecular complexity index is 1070. The molecule has 5 rings (SSSR count). The Morgan fingerprint density at radius 2 is 1.96 bits per heavy atom. The van der Waals surface area contributed by atoms with Gasteiger partial charge < -0.3 is 9.67 Å². The van der Waals surface area contributed by atoms with Crippen LogP contribution in [0.25, 0.3) is 22.4 Å². The van der Waals surface area contributed by atoms with Crippen LogP contribution in [0, 0.1) is 11.7 Å². The van der Waals surface area contributed by atoms with E-state index in [-0.39, 0.29) is 0 Å². The maximum atomic E-state index is 14.2. The van der Waals surface area contributed by atoms with Gasteiger partial charge in [0.05, 0.1) is 11.0 Å². The fourth-order valence-electron chi connectivity index (χ4n) is 5.23. The third kappa shape index (κ3) is 2.56. The van der Waals surface area contributed by atoms with Crippen molar-refractivity contribution in [2.24, 2.45) is 5.92 Å². The summed E-state index contributed by atoms with van der Waals surface area (Å²) in [5.41, 5.74) is 1.96. The maximum Gasteiger partial charge on any atom is 0.316 e. The Morgan fingerprint density at radius 3 is 2.75 bits per heavy atom. The number of benzene rings is 2. The van der Waals surface area contributed by atoms with E-state index in [0.717, 1.165) is 48.1 Å². The number of hydrogen-bond donors (Lipinski definition) is 1. The molecule has 5 heteroatoms. The zero-order valence-electron chi connectivity index (χ0n) is 15.7. The summed E-state index contributed by atoms with van der Waals surface area (Å²) in [5.74, 6) is -0.167. The number of fused-ring (bicyclic) bond motifs is 5. The van der Waals surface area contributed by atoms with Crippen molar-refractivity contribution in [2.45, 2.75) is 50.5 Å². The summed E-state index contributed by atoms with van der Waals surface area (Å²) < 4.78 is 16.3. The van der Waals surface area contributed by atoms with Crippen molar-refractivity contribution in [3.63, 3.8) is 0 Å². The summed E-state index contributed by atoms with van der Waals surface area (Å²) in [5, 5.41) is 10.4. The highest BCUT2D eigenvalue weighted by atomic mass is 19.1. The Morgan fingerprint density at radius 1 is 1.18 bits per heavy atom. The Kier molecular flexibility index (Phi) is 4.00. The van der Waals surface area contributed by atoms with Crippen LogP contribution >= 0.6 is 0 Å². The maximum absolute atomic E-state index is 14.2. The van der Waals surface area contributed by atoms with Crippen molar-refractivity contribution in [1.29, 1.82) is 0 Å². The van der Waals surface area contributed by atoms with E-state index in [1.54, 1.807) is 6.07 Å². The number of rotatable bonds is 3. The third-order valence-electron chi connectivity index (χ3n) is 6.59. The van der Waals surface area contributed by atoms with Crippen molar-refractivity contribution in [3.05, 3.63) is 53.8 Å². The van der Waals surface area contributed by atoms with Gasteiger partial charge in [0.2, 0.25) is 0 Å². The molecule has 4 nitrogen and oxygen atoms in total. The quantitative estimate of drug-likeness (QED) is 0.686. The number of para-hydroxylation sites is 2. The van der Waals surface area contributed by atoms with Crippen molar-refractivity contribution < 1.29 is 14.3 Å². The van der Waals surface area contributed by atoms with E-state index in [1.165, 1.54) is 18.6 Å². The molecule has 2 heterocycles. The number of carbonyl (C=O) groups is 1. The number of aromatic nitrogens is 2. The number of hydrogen-bond acceptors (Lipinski definition) is 2. The average molecular weight is 378 g/mol. The van der Waals surface area contributed by atoms with Crippen molar-refractivity contribution in [3.8, 4) is 11.4 Å². The SMILES string of the molecule is O=C(O)C1(CC2CCCCC2)Cn2c(nc3ccccc32)-c2ccc(F)cc21. The van der Waals surface area contributed by atoms with E-state index in [9.17, 15) is 14.3 Å². The predicted octanol–water partition coefficient (Wildman–Crippen LogP) is 5.15. The van der Waals surface area contributed by atoms with Gasteiger partial charge in [0.25, 0.3) is 0 Å². The van der Waals surface area contributed by atoms with E-state index in [0.29, 0.717) is 24.4 Å². The molecule has 0 saturated heterocycles. The number of aliphatic carboxylic acids is 1. The predicted molar refractivity (Wildman–Crippen MR) is 106 cm³/mol. The topological polar surface area (TPSA) is 55.1 Å². The highest BCUT2D eigenvalue weighted by molar-refractivity contribution is 5.89. The highest BCUT2D eigenvalue weighted by Crippen LogP contribution is 2.47. The minimum atomic E-state index is -1.13. The van der Waals surface area contributed by atoms with Gasteiger partial charge in [0.15, 0.2) is 0 Å². The van der Waals surface area contributed by atoms with Gasteiger partial charge >= 0.3 is 5.97 Å². The molecule has 3 aromatic rings. The lowest BCUT2D eigenvalue weighted by atomic mass is 9.68. The number of imidazole rings is 1. The van der Waals surface area contributed by atoms with Gasteiger partial charge in [-0.15, -0.1) is 0 Å². The van der Waals surface area contributed by atoms with Gasteiger partial charge in [0, 0.05) is 12.1 Å². The summed E-state index contributed by atoms with van der Waals surface area (Å²) in [4.78, 5) is 17.5. The minimum Gasteiger partial charge on any atom is -0.481 e. The molecule has 28 heavy (non-hydrogen) atoms. The van der Waals surface area contributed by atoms with Gasteiger partial charge in [-0.25, -0.2) is 9.37 Å². The molecule has 1 N–H and O–H groups in total. The fourth-order valence-corrected chi connectivity index (χ4v) is 5.23. The van der Waals surface area contributed by atoms with Gasteiger partial charge in [-0.05, 0) is 48.2 Å². The fraction of sp³-hybridized carbons (Fsp3) is 0.391. The summed E-state index contributed by atoms with van der Waals surface area (Å²) in [7, 11) is 0. The largest absolute Gasteiger partial charge is 0.481 e. The molecule has 2 aliphatic rings. The Labute approximate surface area is 163 Å². The Hall–Kier alpha value is -2.69. The Balaban J connectivity index is 1.73. The third-order valence-corrected chi connectivity index (χ3v) is 6.59. The normalized spacial score (nSPS) is 22.0. The zero-order chi connectivity index (χ0) is 19.3. The van der Waals surface area contributed by atoms with Gasteiger partial charge in [-0.3, -0.25) is 4.79 Å². The molecule has 0 amide bonds. The lowest BCUT2D eigenvalue weighted by Crippen LogP contribution is -2.45. The first-order valence-corrected chi connectivity index (χ1v) is 10.1. The molecule has 0 spiro atoms. The van der Waals surface area contributed by atoms with Gasteiger partial charge in [-0.2, -0.15) is 0 Å². The molecule has 0 radical (unpaired) electrons. The molecule has 1 aromatic heterocycles. The number of halogens is 1. The molecule has 144 valence electrons. The summed E-state index contributed by atoms with van der Waals surface area (Å²) in [6.45, 7) is 0.297. The minimum absolute atomic E-state index is 0.297. The van der Waals surface area contributed by atoms with Crippen LogP contribution in [-0.2, 0) is 16.8 Å². The molecular weight excluding hydrogens is 355 g/mol. The molecule has 2 aromatic carbocycles. The lowest BCUT2D eigenvalue weighted by molar-refractivity contribution is -0.145. The van der Waals surface area contributed by atoms with E-state index in [2.05, 4.69) is 0 Å². The number of carboxylic acids is 1. The average Bonchev–Trinajstić information content (AvgIpc) is 3.07. The van der Waals surface area contributed by atoms with Crippen molar-refractivity contribution in [2.75, 3.05) is 0 Å². The van der Waals surface area contributed by atoms with Crippen LogP contribution in [0.15, 0.2) is 42.5 Å². The smallest absolute Gasteiger partial charge is 0.316 e. The van der Waals surface area contributed by atoms with Crippen LogP contribution in [0.4, 0.5) is 4.39 Å². The van der Waals surface area contributed by atoms with Crippen LogP contribution < -0.4 is 0 Å². The first kappa shape index (κ1) is 17.4. The molecule has 1 fully saturated rings. The second kappa shape index (κ2) is 6.43. The summed E-state index contributed by atoms with van der Waals surface area (Å²) in [6.07, 6.45) is 6.17. The zero-order valence-corrected chi connectivity index (χ0v) is 15.7. The monoisotopic (exact) mass is 378 g/mol. The second-order valence-electron chi connectivity index (χ2n) is 8.30. The van der Waals surface area contributed by atoms with E-state index in [1.807, 2.05) is 28.8 Å². The van der Waals surface area contributed by atoms with Gasteiger partial charge in [-0.1, -0.05) is 44.2 Å². The molecule has 1 unspecified atom stereocenters. The number of carboxylic acid groups (broad SMARTS) is 1. The molecule has 0 bridgehead atoms. The van der Waals surface area contributed by atoms with Crippen LogP contribution in [0.2, 0.25) is 0 Å². The van der Waals surface area contributed by atoms with E-state index >= 15 is 0 Å². The van der Waals surface area contributed by atoms with Crippen molar-refractivity contribution >= 4 is 17.0 Å². The van der Waals surface area contributed by atoms with Gasteiger partial charge in [0.1, 0.15) is 17.1 Å². The van der Waals surface area contributed by atoms with Crippen LogP contribution in [-0.4, -0.2) is 20.6 Å².